The van der Waals surface area contributed by atoms with Gasteiger partial charge in [-0.05, 0) is 6.07 Å². The Hall–Kier alpha value is -1.41. The zero-order valence-corrected chi connectivity index (χ0v) is 9.84. The van der Waals surface area contributed by atoms with Gasteiger partial charge in [0.05, 0.1) is 5.56 Å². The van der Waals surface area contributed by atoms with Crippen molar-refractivity contribution >= 4 is 16.9 Å². The molecule has 0 bridgehead atoms. The molecule has 0 aliphatic rings. The topological polar surface area (TPSA) is 17.1 Å². The van der Waals surface area contributed by atoms with E-state index in [-0.39, 0.29) is 10.7 Å². The third kappa shape index (κ3) is 4.53. The fourth-order valence-electron chi connectivity index (χ4n) is 1.05. The molecule has 0 amide bonds. The van der Waals surface area contributed by atoms with Crippen LogP contribution in [0, 0.1) is 29.3 Å². The smallest absolute Gasteiger partial charge is 0.185 e. The first kappa shape index (κ1) is 13.7. The highest BCUT2D eigenvalue weighted by molar-refractivity contribution is 8.13. The molecule has 0 saturated carbocycles. The summed E-state index contributed by atoms with van der Waals surface area (Å²) in [5.41, 5.74) is -0.310. The van der Waals surface area contributed by atoms with Crippen molar-refractivity contribution in [2.45, 2.75) is 13.3 Å². The summed E-state index contributed by atoms with van der Waals surface area (Å²) >= 11 is 1.09. The van der Waals surface area contributed by atoms with E-state index in [2.05, 4.69) is 11.8 Å². The fourth-order valence-corrected chi connectivity index (χ4v) is 1.54. The maximum Gasteiger partial charge on any atom is 0.185 e. The molecule has 1 nitrogen and oxygen atoms in total. The van der Waals surface area contributed by atoms with Crippen LogP contribution in [-0.2, 0) is 4.79 Å². The van der Waals surface area contributed by atoms with Crippen molar-refractivity contribution in [1.82, 2.24) is 0 Å². The van der Waals surface area contributed by atoms with Crippen molar-refractivity contribution < 1.29 is 18.0 Å². The van der Waals surface area contributed by atoms with Gasteiger partial charge in [-0.15, -0.1) is 0 Å². The van der Waals surface area contributed by atoms with Crippen LogP contribution in [0.2, 0.25) is 0 Å². The lowest BCUT2D eigenvalue weighted by Crippen LogP contribution is -1.92. The van der Waals surface area contributed by atoms with Gasteiger partial charge in [0.2, 0.25) is 0 Å². The first-order valence-corrected chi connectivity index (χ1v) is 5.76. The molecule has 1 rings (SSSR count). The maximum atomic E-state index is 13.1. The zero-order valence-electron chi connectivity index (χ0n) is 9.02. The lowest BCUT2D eigenvalue weighted by atomic mass is 10.2. The summed E-state index contributed by atoms with van der Waals surface area (Å²) in [6.07, 6.45) is 0.349. The molecule has 0 heterocycles. The Labute approximate surface area is 101 Å². The van der Waals surface area contributed by atoms with Crippen LogP contribution in [0.15, 0.2) is 12.1 Å². The maximum absolute atomic E-state index is 13.1. The second kappa shape index (κ2) is 6.36. The molecule has 0 radical (unpaired) electrons. The van der Waals surface area contributed by atoms with Crippen LogP contribution >= 0.6 is 11.8 Å². The van der Waals surface area contributed by atoms with Gasteiger partial charge in [-0.1, -0.05) is 23.6 Å². The first-order valence-electron chi connectivity index (χ1n) is 4.77. The predicted octanol–water partition coefficient (Wildman–Crippen LogP) is 3.13. The Kier molecular flexibility index (Phi) is 5.11. The molecule has 17 heavy (non-hydrogen) atoms. The lowest BCUT2D eigenvalue weighted by Gasteiger charge is -1.96. The molecule has 0 aromatic heterocycles. The molecule has 0 unspecified atom stereocenters. The minimum Gasteiger partial charge on any atom is -0.288 e. The van der Waals surface area contributed by atoms with Gasteiger partial charge in [-0.3, -0.25) is 4.79 Å². The summed E-state index contributed by atoms with van der Waals surface area (Å²) < 4.78 is 38.7. The van der Waals surface area contributed by atoms with E-state index in [0.29, 0.717) is 18.2 Å². The quantitative estimate of drug-likeness (QED) is 0.460. The number of benzene rings is 1. The third-order valence-corrected chi connectivity index (χ3v) is 2.56. The van der Waals surface area contributed by atoms with E-state index in [1.54, 1.807) is 0 Å². The summed E-state index contributed by atoms with van der Waals surface area (Å²) in [7, 11) is 0. The average molecular weight is 258 g/mol. The van der Waals surface area contributed by atoms with Gasteiger partial charge < -0.3 is 0 Å². The number of carbonyl (C=O) groups is 1. The van der Waals surface area contributed by atoms with Crippen molar-refractivity contribution in [2.75, 3.05) is 5.75 Å². The molecule has 0 aliphatic heterocycles. The standard InChI is InChI=1S/C12H9F3OS/c1-8(16)17-5-3-2-4-9-6-10(13)7-11(14)12(9)15/h6-7H,3,5H2,1H3. The van der Waals surface area contributed by atoms with Crippen LogP contribution in [0.5, 0.6) is 0 Å². The van der Waals surface area contributed by atoms with Crippen molar-refractivity contribution in [3.8, 4) is 11.8 Å². The van der Waals surface area contributed by atoms with Crippen LogP contribution in [0.1, 0.15) is 18.9 Å². The minimum absolute atomic E-state index is 0.0326. The highest BCUT2D eigenvalue weighted by atomic mass is 32.2. The highest BCUT2D eigenvalue weighted by Crippen LogP contribution is 2.13. The van der Waals surface area contributed by atoms with E-state index in [1.807, 2.05) is 0 Å². The van der Waals surface area contributed by atoms with Gasteiger partial charge in [0.1, 0.15) is 5.82 Å². The van der Waals surface area contributed by atoms with Gasteiger partial charge in [0.15, 0.2) is 16.7 Å². The summed E-state index contributed by atoms with van der Waals surface area (Å²) in [5.74, 6) is 2.09. The molecule has 1 aromatic carbocycles. The molecular weight excluding hydrogens is 249 g/mol. The van der Waals surface area contributed by atoms with E-state index in [1.165, 1.54) is 6.92 Å². The number of hydrogen-bond donors (Lipinski definition) is 0. The number of halogens is 3. The molecule has 0 N–H and O–H groups in total. The van der Waals surface area contributed by atoms with Gasteiger partial charge in [-0.2, -0.15) is 0 Å². The van der Waals surface area contributed by atoms with Crippen LogP contribution in [-0.4, -0.2) is 10.9 Å². The SMILES string of the molecule is CC(=O)SCCC#Cc1cc(F)cc(F)c1F. The molecule has 0 aliphatic carbocycles. The third-order valence-electron chi connectivity index (χ3n) is 1.75. The van der Waals surface area contributed by atoms with E-state index in [4.69, 9.17) is 0 Å². The summed E-state index contributed by atoms with van der Waals surface area (Å²) in [6, 6.07) is 1.30. The van der Waals surface area contributed by atoms with Gasteiger partial charge in [0.25, 0.3) is 0 Å². The van der Waals surface area contributed by atoms with E-state index >= 15 is 0 Å². The summed E-state index contributed by atoms with van der Waals surface area (Å²) in [4.78, 5) is 10.6. The monoisotopic (exact) mass is 258 g/mol. The van der Waals surface area contributed by atoms with Gasteiger partial charge in [0, 0.05) is 25.2 Å². The second-order valence-corrected chi connectivity index (χ2v) is 4.41. The van der Waals surface area contributed by atoms with Crippen molar-refractivity contribution in [1.29, 1.82) is 0 Å². The van der Waals surface area contributed by atoms with Gasteiger partial charge >= 0.3 is 0 Å². The van der Waals surface area contributed by atoms with E-state index in [9.17, 15) is 18.0 Å². The van der Waals surface area contributed by atoms with Crippen LogP contribution in [0.4, 0.5) is 13.2 Å². The normalized spacial score (nSPS) is 9.65. The Bertz CT molecular complexity index is 489. The molecule has 5 heteroatoms. The molecule has 1 aromatic rings. The van der Waals surface area contributed by atoms with Crippen LogP contribution < -0.4 is 0 Å². The Morgan fingerprint density at radius 3 is 2.71 bits per heavy atom. The van der Waals surface area contributed by atoms with E-state index in [0.717, 1.165) is 17.8 Å². The zero-order chi connectivity index (χ0) is 12.8. The van der Waals surface area contributed by atoms with Crippen molar-refractivity contribution in [3.63, 3.8) is 0 Å². The molecule has 90 valence electrons. The average Bonchev–Trinajstić information content (AvgIpc) is 2.23. The number of thioether (sulfide) groups is 1. The molecular formula is C12H9F3OS. The Morgan fingerprint density at radius 2 is 2.06 bits per heavy atom. The first-order chi connectivity index (χ1) is 8.00. The number of rotatable bonds is 2. The summed E-state index contributed by atoms with van der Waals surface area (Å²) in [5, 5.41) is -0.0326. The molecule has 0 spiro atoms. The van der Waals surface area contributed by atoms with E-state index < -0.39 is 17.5 Å². The molecule has 0 saturated heterocycles. The fraction of sp³-hybridized carbons (Fsp3) is 0.250. The number of hydrogen-bond acceptors (Lipinski definition) is 2. The second-order valence-electron chi connectivity index (χ2n) is 3.14. The van der Waals surface area contributed by atoms with Crippen molar-refractivity contribution in [2.24, 2.45) is 0 Å². The van der Waals surface area contributed by atoms with Crippen molar-refractivity contribution in [3.05, 3.63) is 35.1 Å². The molecule has 0 atom stereocenters. The lowest BCUT2D eigenvalue weighted by molar-refractivity contribution is -0.109. The summed E-state index contributed by atoms with van der Waals surface area (Å²) in [6.45, 7) is 1.43. The van der Waals surface area contributed by atoms with Crippen LogP contribution in [0.25, 0.3) is 0 Å². The molecule has 0 fully saturated rings. The Morgan fingerprint density at radius 1 is 1.35 bits per heavy atom. The van der Waals surface area contributed by atoms with Gasteiger partial charge in [-0.25, -0.2) is 13.2 Å². The minimum atomic E-state index is -1.26. The predicted molar refractivity (Wildman–Crippen MR) is 61.0 cm³/mol. The largest absolute Gasteiger partial charge is 0.288 e. The van der Waals surface area contributed by atoms with Crippen LogP contribution in [0.3, 0.4) is 0 Å². The number of carbonyl (C=O) groups excluding carboxylic acids is 1. The highest BCUT2D eigenvalue weighted by Gasteiger charge is 2.08. The Balaban J connectivity index is 2.68.